The average Bonchev–Trinajstić information content (AvgIpc) is 3.51. The molecule has 3 nitrogen and oxygen atoms in total. The number of hydrogen-bond acceptors (Lipinski definition) is 2. The van der Waals surface area contributed by atoms with Crippen LogP contribution in [0.15, 0.2) is 47.3 Å². The van der Waals surface area contributed by atoms with Crippen molar-refractivity contribution in [3.8, 4) is 0 Å². The molecule has 1 aromatic heterocycles. The number of nitrogens with one attached hydrogen (secondary N) is 1. The van der Waals surface area contributed by atoms with E-state index in [2.05, 4.69) is 62.5 Å². The van der Waals surface area contributed by atoms with E-state index in [9.17, 15) is 4.79 Å². The maximum atomic E-state index is 13.1. The van der Waals surface area contributed by atoms with Crippen LogP contribution in [0.4, 0.5) is 5.69 Å². The van der Waals surface area contributed by atoms with Crippen molar-refractivity contribution < 1.29 is 24.6 Å². The SMILES string of the molecule is C[CH2][Hg][c]1ccccc1N[C@H](C)c1cc(C)cc2c(=O)n(C)c(C3CC3)cc12. The van der Waals surface area contributed by atoms with Gasteiger partial charge in [-0.25, -0.2) is 0 Å². The summed E-state index contributed by atoms with van der Waals surface area (Å²) < 4.78 is 4.79. The fourth-order valence-corrected chi connectivity index (χ4v) is 9.47. The summed E-state index contributed by atoms with van der Waals surface area (Å²) in [4.78, 5) is 13.1. The van der Waals surface area contributed by atoms with Crippen molar-refractivity contribution in [2.24, 2.45) is 7.05 Å². The van der Waals surface area contributed by atoms with E-state index in [0.717, 1.165) is 16.3 Å². The molecule has 0 amide bonds. The number of benzene rings is 2. The van der Waals surface area contributed by atoms with Crippen LogP contribution >= 0.6 is 0 Å². The first-order valence-corrected chi connectivity index (χ1v) is 17.1. The Morgan fingerprint density at radius 3 is 2.64 bits per heavy atom. The van der Waals surface area contributed by atoms with Crippen molar-refractivity contribution in [1.82, 2.24) is 4.57 Å². The van der Waals surface area contributed by atoms with Crippen LogP contribution in [0, 0.1) is 6.92 Å². The topological polar surface area (TPSA) is 34.0 Å². The molecule has 0 aliphatic heterocycles. The summed E-state index contributed by atoms with van der Waals surface area (Å²) in [5, 5.41) is 5.74. The van der Waals surface area contributed by atoms with E-state index in [-0.39, 0.29) is 11.6 Å². The van der Waals surface area contributed by atoms with Gasteiger partial charge < -0.3 is 0 Å². The van der Waals surface area contributed by atoms with Crippen molar-refractivity contribution in [2.75, 3.05) is 5.32 Å². The summed E-state index contributed by atoms with van der Waals surface area (Å²) in [5.74, 6) is 0.555. The molecule has 1 atom stereocenters. The third-order valence-corrected chi connectivity index (χ3v) is 12.4. The van der Waals surface area contributed by atoms with E-state index in [1.54, 1.807) is 3.07 Å². The first kappa shape index (κ1) is 19.7. The van der Waals surface area contributed by atoms with E-state index in [1.807, 2.05) is 17.7 Å². The standard InChI is InChI=1S/C22H23N2O.C2H5.Hg/c1-14-11-18(15(2)23-17-7-5-4-6-8-17)19-13-21(16-9-10-16)24(3)22(25)20(19)12-14;1-2;/h4-7,11-13,15-16,23H,9-10H2,1-3H3;1H2,2H3;/t15-;;/m1../s1. The van der Waals surface area contributed by atoms with Crippen molar-refractivity contribution >= 4 is 19.5 Å². The summed E-state index contributed by atoms with van der Waals surface area (Å²) in [5.41, 5.74) is 5.00. The number of aromatic nitrogens is 1. The molecule has 1 saturated carbocycles. The molecule has 0 bridgehead atoms. The van der Waals surface area contributed by atoms with Crippen LogP contribution < -0.4 is 13.9 Å². The summed E-state index contributed by atoms with van der Waals surface area (Å²) in [6, 6.07) is 15.5. The predicted octanol–water partition coefficient (Wildman–Crippen LogP) is 5.04. The zero-order valence-electron chi connectivity index (χ0n) is 17.4. The number of aryl methyl sites for hydroxylation is 1. The van der Waals surface area contributed by atoms with Crippen LogP contribution in [-0.4, -0.2) is 4.57 Å². The van der Waals surface area contributed by atoms with E-state index in [1.165, 1.54) is 33.7 Å². The van der Waals surface area contributed by atoms with Gasteiger partial charge >= 0.3 is 180 Å². The number of rotatable bonds is 6. The van der Waals surface area contributed by atoms with Crippen LogP contribution in [0.1, 0.15) is 55.5 Å². The maximum absolute atomic E-state index is 13.1. The molecule has 142 valence electrons. The molecule has 0 unspecified atom stereocenters. The number of anilines is 1. The molecular weight excluding hydrogens is 533 g/mol. The fourth-order valence-electron chi connectivity index (χ4n) is 4.29. The molecule has 28 heavy (non-hydrogen) atoms. The third-order valence-electron chi connectivity index (χ3n) is 5.94. The van der Waals surface area contributed by atoms with Gasteiger partial charge in [0.25, 0.3) is 0 Å². The summed E-state index contributed by atoms with van der Waals surface area (Å²) in [6.07, 6.45) is 2.40. The molecule has 2 aromatic carbocycles. The molecule has 3 aromatic rings. The monoisotopic (exact) mass is 562 g/mol. The Balaban J connectivity index is 1.81. The molecular formula is C24H28HgN2O. The van der Waals surface area contributed by atoms with E-state index in [0.29, 0.717) is 5.92 Å². The summed E-state index contributed by atoms with van der Waals surface area (Å²) in [7, 11) is 1.92. The summed E-state index contributed by atoms with van der Waals surface area (Å²) >= 11 is -1.02. The van der Waals surface area contributed by atoms with Gasteiger partial charge in [-0.3, -0.25) is 0 Å². The predicted molar refractivity (Wildman–Crippen MR) is 114 cm³/mol. The minimum absolute atomic E-state index is 0.139. The Morgan fingerprint density at radius 1 is 1.18 bits per heavy atom. The van der Waals surface area contributed by atoms with Crippen molar-refractivity contribution in [3.63, 3.8) is 0 Å². The van der Waals surface area contributed by atoms with Gasteiger partial charge in [-0.1, -0.05) is 0 Å². The molecule has 1 aliphatic rings. The number of nitrogens with zero attached hydrogens (tertiary/aromatic N) is 1. The van der Waals surface area contributed by atoms with Gasteiger partial charge in [0.2, 0.25) is 0 Å². The molecule has 1 aliphatic carbocycles. The normalized spacial score (nSPS) is 14.7. The molecule has 0 spiro atoms. The number of pyridine rings is 1. The van der Waals surface area contributed by atoms with Crippen molar-refractivity contribution in [1.29, 1.82) is 0 Å². The molecule has 4 heteroatoms. The first-order chi connectivity index (χ1) is 13.5. The Bertz CT molecular complexity index is 1080. The van der Waals surface area contributed by atoms with Gasteiger partial charge in [-0.05, 0) is 0 Å². The Kier molecular flexibility index (Phi) is 5.64. The Labute approximate surface area is 179 Å². The second-order valence-corrected chi connectivity index (χ2v) is 17.1. The van der Waals surface area contributed by atoms with Crippen molar-refractivity contribution in [2.45, 2.75) is 49.5 Å². The van der Waals surface area contributed by atoms with Gasteiger partial charge in [-0.15, -0.1) is 0 Å². The fraction of sp³-hybridized carbons (Fsp3) is 0.375. The molecule has 1 fully saturated rings. The van der Waals surface area contributed by atoms with E-state index < -0.39 is 24.6 Å². The Morgan fingerprint density at radius 2 is 1.93 bits per heavy atom. The van der Waals surface area contributed by atoms with Gasteiger partial charge in [-0.2, -0.15) is 0 Å². The second-order valence-electron chi connectivity index (χ2n) is 8.30. The van der Waals surface area contributed by atoms with Crippen LogP contribution in [0.3, 0.4) is 0 Å². The first-order valence-electron chi connectivity index (χ1n) is 10.5. The molecule has 1 N–H and O–H groups in total. The molecule has 4 rings (SSSR count). The van der Waals surface area contributed by atoms with Crippen molar-refractivity contribution in [3.05, 3.63) is 69.6 Å². The van der Waals surface area contributed by atoms with Crippen LogP contribution in [0.25, 0.3) is 10.8 Å². The number of para-hydroxylation sites is 1. The summed E-state index contributed by atoms with van der Waals surface area (Å²) in [6.45, 7) is 6.62. The molecule has 0 radical (unpaired) electrons. The van der Waals surface area contributed by atoms with E-state index in [4.69, 9.17) is 0 Å². The zero-order valence-corrected chi connectivity index (χ0v) is 22.9. The minimum atomic E-state index is -1.02. The van der Waals surface area contributed by atoms with Crippen LogP contribution in [0.5, 0.6) is 0 Å². The molecule has 1 heterocycles. The third kappa shape index (κ3) is 3.78. The van der Waals surface area contributed by atoms with Crippen LogP contribution in [-0.2, 0) is 31.6 Å². The zero-order chi connectivity index (χ0) is 19.8. The van der Waals surface area contributed by atoms with Gasteiger partial charge in [0.15, 0.2) is 0 Å². The Hall–Kier alpha value is -1.61. The van der Waals surface area contributed by atoms with Gasteiger partial charge in [0.05, 0.1) is 0 Å². The van der Waals surface area contributed by atoms with E-state index >= 15 is 0 Å². The van der Waals surface area contributed by atoms with Gasteiger partial charge in [0, 0.05) is 0 Å². The second kappa shape index (κ2) is 8.02. The average molecular weight is 561 g/mol. The van der Waals surface area contributed by atoms with Gasteiger partial charge in [0.1, 0.15) is 0 Å². The quantitative estimate of drug-likeness (QED) is 0.429. The number of fused-ring (bicyclic) bond motifs is 1. The van der Waals surface area contributed by atoms with Crippen LogP contribution in [0.2, 0.25) is 3.93 Å². The molecule has 0 saturated heterocycles. The number of hydrogen-bond donors (Lipinski definition) is 1.